The Morgan fingerprint density at radius 3 is 1.77 bits per heavy atom. The summed E-state index contributed by atoms with van der Waals surface area (Å²) in [5, 5.41) is 6.82. The molecule has 4 heterocycles. The van der Waals surface area contributed by atoms with Crippen molar-refractivity contribution in [2.75, 3.05) is 0 Å². The molecule has 0 aliphatic heterocycles. The van der Waals surface area contributed by atoms with E-state index in [9.17, 15) is 0 Å². The third-order valence-electron chi connectivity index (χ3n) is 11.1. The van der Waals surface area contributed by atoms with Crippen molar-refractivity contribution in [1.82, 2.24) is 19.5 Å². The SMILES string of the molecule is c1ccc(-c2ccc(-c3nc(-c4ccc5c(c4)oc4c5ccc5c4c4ccccc4n5-c4ccccc4)nc(-c4ccc5sc6ccccc6c5c4)n3)cc2)cc1. The smallest absolute Gasteiger partial charge is 0.164 e. The number of nitrogens with zero attached hydrogens (tertiary/aromatic N) is 4. The highest BCUT2D eigenvalue weighted by atomic mass is 32.1. The van der Waals surface area contributed by atoms with Crippen LogP contribution in [0.5, 0.6) is 0 Å². The lowest BCUT2D eigenvalue weighted by molar-refractivity contribution is 0.673. The highest BCUT2D eigenvalue weighted by Gasteiger charge is 2.20. The molecule has 4 aromatic heterocycles. The number of aromatic nitrogens is 4. The van der Waals surface area contributed by atoms with Gasteiger partial charge in [-0.3, -0.25) is 0 Å². The summed E-state index contributed by atoms with van der Waals surface area (Å²) in [4.78, 5) is 15.4. The minimum Gasteiger partial charge on any atom is -0.455 e. The van der Waals surface area contributed by atoms with Gasteiger partial charge in [0.15, 0.2) is 17.5 Å². The van der Waals surface area contributed by atoms with Gasteiger partial charge < -0.3 is 8.98 Å². The van der Waals surface area contributed by atoms with Crippen LogP contribution < -0.4 is 0 Å². The average Bonchev–Trinajstić information content (AvgIpc) is 3.96. The van der Waals surface area contributed by atoms with Crippen LogP contribution in [-0.2, 0) is 0 Å². The Balaban J connectivity index is 1.04. The number of para-hydroxylation sites is 2. The van der Waals surface area contributed by atoms with Crippen molar-refractivity contribution in [2.45, 2.75) is 0 Å². The molecule has 57 heavy (non-hydrogen) atoms. The van der Waals surface area contributed by atoms with Gasteiger partial charge in [0.05, 0.1) is 16.4 Å². The van der Waals surface area contributed by atoms with Crippen LogP contribution in [0.1, 0.15) is 0 Å². The van der Waals surface area contributed by atoms with Gasteiger partial charge in [0.25, 0.3) is 0 Å². The Hall–Kier alpha value is -7.41. The molecule has 0 aliphatic rings. The molecule has 266 valence electrons. The molecular weight excluding hydrogens is 717 g/mol. The van der Waals surface area contributed by atoms with Crippen LogP contribution in [0.25, 0.3) is 115 Å². The summed E-state index contributed by atoms with van der Waals surface area (Å²) in [6.45, 7) is 0. The normalized spacial score (nSPS) is 11.9. The topological polar surface area (TPSA) is 56.7 Å². The van der Waals surface area contributed by atoms with Crippen molar-refractivity contribution in [2.24, 2.45) is 0 Å². The van der Waals surface area contributed by atoms with Crippen LogP contribution >= 0.6 is 11.3 Å². The summed E-state index contributed by atoms with van der Waals surface area (Å²) < 4.78 is 11.7. The number of fused-ring (bicyclic) bond motifs is 10. The molecule has 0 radical (unpaired) electrons. The van der Waals surface area contributed by atoms with E-state index in [1.54, 1.807) is 11.3 Å². The minimum atomic E-state index is 0.589. The lowest BCUT2D eigenvalue weighted by Gasteiger charge is -2.09. The zero-order valence-electron chi connectivity index (χ0n) is 30.4. The van der Waals surface area contributed by atoms with Gasteiger partial charge in [0, 0.05) is 58.7 Å². The fourth-order valence-corrected chi connectivity index (χ4v) is 9.44. The van der Waals surface area contributed by atoms with Crippen LogP contribution in [0.4, 0.5) is 0 Å². The molecule has 0 aliphatic carbocycles. The molecule has 12 rings (SSSR count). The Labute approximate surface area is 330 Å². The van der Waals surface area contributed by atoms with Gasteiger partial charge in [0.2, 0.25) is 0 Å². The third kappa shape index (κ3) is 5.12. The Kier molecular flexibility index (Phi) is 7.03. The van der Waals surface area contributed by atoms with Gasteiger partial charge in [-0.1, -0.05) is 115 Å². The van der Waals surface area contributed by atoms with E-state index in [4.69, 9.17) is 19.4 Å². The zero-order chi connectivity index (χ0) is 37.5. The van der Waals surface area contributed by atoms with E-state index in [1.165, 1.54) is 25.7 Å². The number of rotatable bonds is 5. The summed E-state index contributed by atoms with van der Waals surface area (Å²) in [5.74, 6) is 1.83. The molecule has 0 unspecified atom stereocenters. The summed E-state index contributed by atoms with van der Waals surface area (Å²) in [7, 11) is 0. The molecule has 0 N–H and O–H groups in total. The molecule has 0 amide bonds. The number of thiophene rings is 1. The Bertz CT molecular complexity index is 3510. The van der Waals surface area contributed by atoms with E-state index < -0.39 is 0 Å². The maximum atomic E-state index is 6.87. The van der Waals surface area contributed by atoms with E-state index >= 15 is 0 Å². The largest absolute Gasteiger partial charge is 0.455 e. The highest BCUT2D eigenvalue weighted by Crippen LogP contribution is 2.42. The molecule has 0 saturated carbocycles. The fraction of sp³-hybridized carbons (Fsp3) is 0. The first-order valence-electron chi connectivity index (χ1n) is 19.0. The second kappa shape index (κ2) is 12.6. The maximum Gasteiger partial charge on any atom is 0.164 e. The fourth-order valence-electron chi connectivity index (χ4n) is 8.35. The standard InChI is InChI=1S/C51H30N4OS/c1-3-11-31(12-4-1)32-19-21-33(22-20-32)49-52-50(34-24-28-46-41(29-34)38-15-8-10-18-45(38)57-46)54-51(53-49)35-23-25-37-39-26-27-43-47(48(39)56-44(37)30-35)40-16-7-9-17-42(40)55(43)36-13-5-2-6-14-36/h1-30H. The second-order valence-corrected chi connectivity index (χ2v) is 15.5. The first kappa shape index (κ1) is 31.9. The van der Waals surface area contributed by atoms with Crippen LogP contribution in [0.15, 0.2) is 186 Å². The molecule has 6 heteroatoms. The van der Waals surface area contributed by atoms with Crippen LogP contribution in [0, 0.1) is 0 Å². The van der Waals surface area contributed by atoms with Crippen LogP contribution in [0.2, 0.25) is 0 Å². The minimum absolute atomic E-state index is 0.589. The second-order valence-electron chi connectivity index (χ2n) is 14.4. The average molecular weight is 747 g/mol. The quantitative estimate of drug-likeness (QED) is 0.176. The molecule has 0 bridgehead atoms. The summed E-state index contributed by atoms with van der Waals surface area (Å²) in [5.41, 5.74) is 10.0. The van der Waals surface area contributed by atoms with Crippen molar-refractivity contribution in [1.29, 1.82) is 0 Å². The summed E-state index contributed by atoms with van der Waals surface area (Å²) in [6, 6.07) is 63.7. The van der Waals surface area contributed by atoms with Crippen molar-refractivity contribution >= 4 is 75.3 Å². The van der Waals surface area contributed by atoms with Gasteiger partial charge in [0.1, 0.15) is 11.2 Å². The Morgan fingerprint density at radius 2 is 0.965 bits per heavy atom. The first-order valence-corrected chi connectivity index (χ1v) is 19.8. The number of furan rings is 1. The highest BCUT2D eigenvalue weighted by molar-refractivity contribution is 7.25. The van der Waals surface area contributed by atoms with Crippen LogP contribution in [-0.4, -0.2) is 19.5 Å². The number of benzene rings is 8. The lowest BCUT2D eigenvalue weighted by Crippen LogP contribution is -2.00. The molecule has 8 aromatic carbocycles. The third-order valence-corrected chi connectivity index (χ3v) is 12.2. The van der Waals surface area contributed by atoms with Gasteiger partial charge in [-0.15, -0.1) is 11.3 Å². The van der Waals surface area contributed by atoms with Crippen molar-refractivity contribution in [3.8, 4) is 51.0 Å². The van der Waals surface area contributed by atoms with Gasteiger partial charge >= 0.3 is 0 Å². The molecule has 0 saturated heterocycles. The van der Waals surface area contributed by atoms with E-state index in [2.05, 4.69) is 180 Å². The summed E-state index contributed by atoms with van der Waals surface area (Å²) in [6.07, 6.45) is 0. The Morgan fingerprint density at radius 1 is 0.386 bits per heavy atom. The molecule has 0 atom stereocenters. The molecule has 0 fully saturated rings. The molecule has 12 aromatic rings. The van der Waals surface area contributed by atoms with Gasteiger partial charge in [-0.25, -0.2) is 15.0 Å². The lowest BCUT2D eigenvalue weighted by atomic mass is 10.0. The van der Waals surface area contributed by atoms with E-state index in [0.29, 0.717) is 17.5 Å². The van der Waals surface area contributed by atoms with Crippen molar-refractivity contribution < 1.29 is 4.42 Å². The molecule has 5 nitrogen and oxygen atoms in total. The van der Waals surface area contributed by atoms with Crippen molar-refractivity contribution in [3.05, 3.63) is 182 Å². The summed E-state index contributed by atoms with van der Waals surface area (Å²) >= 11 is 1.80. The van der Waals surface area contributed by atoms with Gasteiger partial charge in [-0.05, 0) is 77.9 Å². The van der Waals surface area contributed by atoms with E-state index in [-0.39, 0.29) is 0 Å². The predicted molar refractivity (Wildman–Crippen MR) is 236 cm³/mol. The monoisotopic (exact) mass is 746 g/mol. The molecular formula is C51H30N4OS. The van der Waals surface area contributed by atoms with E-state index in [1.807, 2.05) is 6.07 Å². The van der Waals surface area contributed by atoms with E-state index in [0.717, 1.165) is 71.7 Å². The first-order chi connectivity index (χ1) is 28.2. The number of hydrogen-bond acceptors (Lipinski definition) is 5. The maximum absolute atomic E-state index is 6.87. The van der Waals surface area contributed by atoms with Gasteiger partial charge in [-0.2, -0.15) is 0 Å². The molecule has 0 spiro atoms. The zero-order valence-corrected chi connectivity index (χ0v) is 31.2. The van der Waals surface area contributed by atoms with Crippen LogP contribution in [0.3, 0.4) is 0 Å². The number of hydrogen-bond donors (Lipinski definition) is 0. The predicted octanol–water partition coefficient (Wildman–Crippen LogP) is 13.9. The van der Waals surface area contributed by atoms with Crippen molar-refractivity contribution in [3.63, 3.8) is 0 Å².